The lowest BCUT2D eigenvalue weighted by molar-refractivity contribution is -0.492. The molecule has 0 aromatic carbocycles. The minimum absolute atomic E-state index is 0.0164. The molecule has 0 saturated heterocycles. The first kappa shape index (κ1) is 31.3. The number of hydrogen-bond acceptors (Lipinski definition) is 12. The lowest BCUT2D eigenvalue weighted by atomic mass is 9.46. The molecular formula is C29H41NO11. The van der Waals surface area contributed by atoms with Gasteiger partial charge in [-0.1, -0.05) is 25.5 Å². The van der Waals surface area contributed by atoms with E-state index in [1.165, 1.54) is 0 Å². The number of aliphatic hydroxyl groups is 1. The van der Waals surface area contributed by atoms with Gasteiger partial charge in [-0.05, 0) is 75.9 Å². The number of ketones is 2. The number of esters is 1. The fraction of sp³-hybridized carbons (Fsp3) is 0.724. The average Bonchev–Trinajstić information content (AvgIpc) is 3.19. The second-order valence-corrected chi connectivity index (χ2v) is 12.0. The van der Waals surface area contributed by atoms with Gasteiger partial charge < -0.3 is 19.3 Å². The third kappa shape index (κ3) is 5.85. The van der Waals surface area contributed by atoms with Crippen LogP contribution in [0, 0.1) is 28.6 Å². The molecule has 41 heavy (non-hydrogen) atoms. The first-order valence-electron chi connectivity index (χ1n) is 14.4. The van der Waals surface area contributed by atoms with Crippen molar-refractivity contribution in [1.82, 2.24) is 5.39 Å². The molecule has 0 amide bonds. The Bertz CT molecular complexity index is 1100. The highest BCUT2D eigenvalue weighted by Crippen LogP contribution is 2.68. The number of nitrogens with zero attached hydrogens (tertiary/aromatic N) is 1. The van der Waals surface area contributed by atoms with Crippen LogP contribution in [0.4, 0.5) is 4.79 Å². The Kier molecular flexibility index (Phi) is 9.39. The minimum Gasteiger partial charge on any atom is -0.457 e. The monoisotopic (exact) mass is 579 g/mol. The molecule has 12 heteroatoms. The van der Waals surface area contributed by atoms with Crippen molar-refractivity contribution in [3.63, 3.8) is 0 Å². The maximum Gasteiger partial charge on any atom is 0.509 e. The maximum atomic E-state index is 13.9. The van der Waals surface area contributed by atoms with Crippen LogP contribution in [0.25, 0.3) is 0 Å². The van der Waals surface area contributed by atoms with Gasteiger partial charge in [0.15, 0.2) is 18.0 Å². The smallest absolute Gasteiger partial charge is 0.457 e. The zero-order valence-electron chi connectivity index (χ0n) is 23.9. The Hall–Kier alpha value is -2.64. The van der Waals surface area contributed by atoms with Crippen LogP contribution >= 0.6 is 0 Å². The van der Waals surface area contributed by atoms with Gasteiger partial charge in [0.1, 0.15) is 0 Å². The van der Waals surface area contributed by atoms with E-state index in [2.05, 4.69) is 11.8 Å². The highest BCUT2D eigenvalue weighted by Gasteiger charge is 2.70. The van der Waals surface area contributed by atoms with Gasteiger partial charge in [0, 0.05) is 23.2 Å². The van der Waals surface area contributed by atoms with Gasteiger partial charge in [0.25, 0.3) is 0 Å². The van der Waals surface area contributed by atoms with Gasteiger partial charge in [-0.2, -0.15) is 0 Å². The molecule has 3 fully saturated rings. The number of rotatable bonds is 11. The van der Waals surface area contributed by atoms with Gasteiger partial charge in [-0.25, -0.2) is 4.79 Å². The molecular weight excluding hydrogens is 538 g/mol. The number of Topliss-reactive ketones (excluding diaryl/α,β-unsaturated/α-hetero) is 1. The van der Waals surface area contributed by atoms with E-state index in [9.17, 15) is 24.3 Å². The summed E-state index contributed by atoms with van der Waals surface area (Å²) in [5.74, 6) is -1.45. The van der Waals surface area contributed by atoms with Gasteiger partial charge >= 0.3 is 12.1 Å². The average molecular weight is 580 g/mol. The highest BCUT2D eigenvalue weighted by molar-refractivity contribution is 6.01. The minimum atomic E-state index is -1.65. The van der Waals surface area contributed by atoms with Crippen LogP contribution in [-0.2, 0) is 33.4 Å². The first-order chi connectivity index (χ1) is 19.4. The van der Waals surface area contributed by atoms with E-state index in [4.69, 9.17) is 24.6 Å². The Balaban J connectivity index is 1.53. The summed E-state index contributed by atoms with van der Waals surface area (Å²) in [4.78, 5) is 55.4. The molecule has 4 aliphatic carbocycles. The number of ether oxygens (including phenoxy) is 3. The summed E-state index contributed by atoms with van der Waals surface area (Å²) in [6, 6.07) is 0. The van der Waals surface area contributed by atoms with Crippen molar-refractivity contribution in [2.45, 2.75) is 83.8 Å². The normalized spacial score (nSPS) is 35.7. The number of hydrogen-bond donors (Lipinski definition) is 3. The quantitative estimate of drug-likeness (QED) is 0.185. The third-order valence-electron chi connectivity index (χ3n) is 9.93. The van der Waals surface area contributed by atoms with E-state index in [0.29, 0.717) is 25.7 Å². The van der Waals surface area contributed by atoms with Crippen molar-refractivity contribution >= 4 is 23.7 Å². The topological polar surface area (TPSA) is 169 Å². The summed E-state index contributed by atoms with van der Waals surface area (Å²) in [6.07, 6.45) is 6.40. The zero-order chi connectivity index (χ0) is 30.0. The van der Waals surface area contributed by atoms with E-state index in [1.807, 2.05) is 13.0 Å². The molecule has 0 aromatic heterocycles. The molecule has 4 rings (SSSR count). The van der Waals surface area contributed by atoms with Crippen LogP contribution < -0.4 is 0 Å². The third-order valence-corrected chi connectivity index (χ3v) is 9.93. The number of carbonyl (C=O) groups excluding carboxylic acids is 4. The van der Waals surface area contributed by atoms with Crippen molar-refractivity contribution in [2.24, 2.45) is 28.6 Å². The molecule has 3 saturated carbocycles. The van der Waals surface area contributed by atoms with Crippen molar-refractivity contribution in [3.8, 4) is 0 Å². The molecule has 0 spiro atoms. The second-order valence-electron chi connectivity index (χ2n) is 12.0. The van der Waals surface area contributed by atoms with E-state index in [0.717, 1.165) is 12.0 Å². The summed E-state index contributed by atoms with van der Waals surface area (Å²) >= 11 is 0. The molecule has 12 nitrogen and oxygen atoms in total. The van der Waals surface area contributed by atoms with Crippen LogP contribution in [0.15, 0.2) is 23.8 Å². The lowest BCUT2D eigenvalue weighted by Crippen LogP contribution is -2.63. The van der Waals surface area contributed by atoms with Crippen molar-refractivity contribution in [3.05, 3.63) is 23.8 Å². The van der Waals surface area contributed by atoms with E-state index in [-0.39, 0.29) is 56.0 Å². The molecule has 0 bridgehead atoms. The zero-order valence-corrected chi connectivity index (χ0v) is 23.9. The Morgan fingerprint density at radius 1 is 1.12 bits per heavy atom. The van der Waals surface area contributed by atoms with Gasteiger partial charge in [-0.15, -0.1) is 0 Å². The van der Waals surface area contributed by atoms with Crippen molar-refractivity contribution in [1.29, 1.82) is 0 Å². The second kappa shape index (κ2) is 12.3. The van der Waals surface area contributed by atoms with E-state index in [1.54, 1.807) is 19.1 Å². The number of unbranched alkanes of at least 4 members (excludes halogenated alkanes) is 1. The molecule has 4 aliphatic rings. The summed E-state index contributed by atoms with van der Waals surface area (Å²) in [5.41, 5.74) is -2.05. The van der Waals surface area contributed by atoms with E-state index < -0.39 is 52.4 Å². The summed E-state index contributed by atoms with van der Waals surface area (Å²) < 4.78 is 16.2. The number of carbonyl (C=O) groups is 4. The molecule has 0 aromatic rings. The van der Waals surface area contributed by atoms with Crippen LogP contribution in [0.2, 0.25) is 0 Å². The molecule has 7 atom stereocenters. The van der Waals surface area contributed by atoms with Crippen LogP contribution in [0.1, 0.15) is 72.1 Å². The number of aliphatic hydroxyl groups excluding tert-OH is 1. The Labute approximate surface area is 239 Å². The van der Waals surface area contributed by atoms with Gasteiger partial charge in [0.2, 0.25) is 5.78 Å². The highest BCUT2D eigenvalue weighted by atomic mass is 17.1. The fourth-order valence-electron chi connectivity index (χ4n) is 8.14. The number of allylic oxidation sites excluding steroid dienone is 4. The summed E-state index contributed by atoms with van der Waals surface area (Å²) in [6.45, 7) is 4.99. The summed E-state index contributed by atoms with van der Waals surface area (Å²) in [7, 11) is 0. The van der Waals surface area contributed by atoms with Crippen LogP contribution in [0.5, 0.6) is 0 Å². The van der Waals surface area contributed by atoms with Crippen molar-refractivity contribution < 1.29 is 53.7 Å². The van der Waals surface area contributed by atoms with Crippen molar-refractivity contribution in [2.75, 3.05) is 19.8 Å². The molecule has 0 radical (unpaired) electrons. The van der Waals surface area contributed by atoms with Gasteiger partial charge in [-0.3, -0.25) is 29.6 Å². The van der Waals surface area contributed by atoms with Crippen LogP contribution in [-0.4, -0.2) is 76.1 Å². The van der Waals surface area contributed by atoms with E-state index >= 15 is 0 Å². The predicted molar refractivity (Wildman–Crippen MR) is 140 cm³/mol. The van der Waals surface area contributed by atoms with Gasteiger partial charge in [0.05, 0.1) is 24.7 Å². The Morgan fingerprint density at radius 2 is 1.88 bits per heavy atom. The summed E-state index contributed by atoms with van der Waals surface area (Å²) in [5, 5.41) is 28.4. The number of fused-ring (bicyclic) bond motifs is 5. The SMILES string of the molecule is CCOC(=O)O[C@]1(C(=O)COC(=O)CCCCON(O)O)CC[C@H]2[C@@H]3CCC4=CC(=O)C=C[C@]4(C)[C@H]3[C@@H](O)C[C@@]21C. The van der Waals surface area contributed by atoms with Crippen LogP contribution in [0.3, 0.4) is 0 Å². The lowest BCUT2D eigenvalue weighted by Gasteiger charge is -2.59. The predicted octanol–water partition coefficient (Wildman–Crippen LogP) is 3.47. The molecule has 0 heterocycles. The molecule has 0 unspecified atom stereocenters. The molecule has 228 valence electrons. The molecule has 3 N–H and O–H groups in total. The largest absolute Gasteiger partial charge is 0.509 e. The molecule has 0 aliphatic heterocycles. The fourth-order valence-corrected chi connectivity index (χ4v) is 8.14. The first-order valence-corrected chi connectivity index (χ1v) is 14.4. The standard InChI is InChI=1S/C29H41NO11/c1-4-38-26(35)41-29(23(33)17-39-24(34)7-5-6-14-40-30(36)37)13-11-21-20-9-8-18-15-19(31)10-12-27(18,2)25(20)22(32)16-28(21,29)3/h10,12,15,20-22,25,32,36-37H,4-9,11,13-14,16-17H2,1-3H3/t20-,21-,22-,25+,27-,28-,29-/m0/s1. The Morgan fingerprint density at radius 3 is 2.59 bits per heavy atom. The maximum absolute atomic E-state index is 13.9.